The van der Waals surface area contributed by atoms with Gasteiger partial charge in [-0.3, -0.25) is 9.78 Å². The van der Waals surface area contributed by atoms with Crippen molar-refractivity contribution in [1.29, 1.82) is 0 Å². The minimum absolute atomic E-state index is 0.103. The maximum Gasteiger partial charge on any atom is 0.407 e. The molecule has 6 N–H and O–H groups in total. The first kappa shape index (κ1) is 27.7. The van der Waals surface area contributed by atoms with Gasteiger partial charge >= 0.3 is 18.1 Å². The largest absolute Gasteiger partial charge is 0.507 e. The second-order valence-corrected chi connectivity index (χ2v) is 7.38. The molecule has 4 amide bonds. The molecule has 194 valence electrons. The lowest BCUT2D eigenvalue weighted by molar-refractivity contribution is -0.139. The lowest BCUT2D eigenvalue weighted by Gasteiger charge is -2.15. The van der Waals surface area contributed by atoms with Gasteiger partial charge in [-0.2, -0.15) is 0 Å². The number of benzene rings is 1. The number of aliphatic carboxylic acids is 1. The van der Waals surface area contributed by atoms with Crippen molar-refractivity contribution in [3.63, 3.8) is 0 Å². The molecule has 0 spiro atoms. The Morgan fingerprint density at radius 1 is 1.08 bits per heavy atom. The zero-order chi connectivity index (χ0) is 26.3. The Morgan fingerprint density at radius 3 is 2.56 bits per heavy atom. The summed E-state index contributed by atoms with van der Waals surface area (Å²) in [7, 11) is 0. The number of ether oxygens (including phenoxy) is 2. The molecule has 0 unspecified atom stereocenters. The number of amides is 4. The minimum atomic E-state index is -1.42. The van der Waals surface area contributed by atoms with E-state index in [4.69, 9.17) is 9.47 Å². The first-order valence-electron chi connectivity index (χ1n) is 11.1. The lowest BCUT2D eigenvalue weighted by Crippen LogP contribution is -2.48. The summed E-state index contributed by atoms with van der Waals surface area (Å²) >= 11 is 0. The molecule has 1 heterocycles. The molecule has 13 heteroatoms. The minimum Gasteiger partial charge on any atom is -0.507 e. The molecule has 36 heavy (non-hydrogen) atoms. The number of phenols is 1. The molecule has 0 aliphatic carbocycles. The summed E-state index contributed by atoms with van der Waals surface area (Å²) < 4.78 is 10.2. The molecule has 1 aromatic heterocycles. The first-order chi connectivity index (χ1) is 17.3. The number of phenolic OH excluding ortho intramolecular Hbond substituents is 1. The molecule has 0 aliphatic rings. The molecule has 0 saturated heterocycles. The molecule has 0 saturated carbocycles. The highest BCUT2D eigenvalue weighted by molar-refractivity contribution is 5.97. The third-order valence-corrected chi connectivity index (χ3v) is 4.54. The molecule has 2 aromatic rings. The van der Waals surface area contributed by atoms with E-state index in [1.54, 1.807) is 25.4 Å². The van der Waals surface area contributed by atoms with Gasteiger partial charge in [0.05, 0.1) is 18.7 Å². The van der Waals surface area contributed by atoms with E-state index in [2.05, 4.69) is 26.3 Å². The van der Waals surface area contributed by atoms with Crippen molar-refractivity contribution in [2.45, 2.75) is 25.9 Å². The van der Waals surface area contributed by atoms with Gasteiger partial charge in [0.25, 0.3) is 5.91 Å². The van der Waals surface area contributed by atoms with E-state index in [0.29, 0.717) is 13.0 Å². The fraction of sp³-hybridized carbons (Fsp3) is 0.348. The molecule has 1 aromatic carbocycles. The van der Waals surface area contributed by atoms with Gasteiger partial charge in [-0.25, -0.2) is 14.4 Å². The molecule has 0 aliphatic heterocycles. The Hall–Kier alpha value is -4.55. The van der Waals surface area contributed by atoms with Crippen LogP contribution in [-0.2, 0) is 16.1 Å². The van der Waals surface area contributed by atoms with Crippen LogP contribution >= 0.6 is 0 Å². The van der Waals surface area contributed by atoms with E-state index in [-0.39, 0.29) is 37.1 Å². The number of rotatable bonds is 13. The van der Waals surface area contributed by atoms with Crippen molar-refractivity contribution in [1.82, 2.24) is 26.3 Å². The summed E-state index contributed by atoms with van der Waals surface area (Å²) in [6.07, 6.45) is 2.94. The number of nitrogens with zero attached hydrogens (tertiary/aromatic N) is 1. The van der Waals surface area contributed by atoms with Crippen molar-refractivity contribution in [3.05, 3.63) is 53.9 Å². The van der Waals surface area contributed by atoms with E-state index in [1.807, 2.05) is 6.07 Å². The molecule has 2 rings (SSSR count). The zero-order valence-corrected chi connectivity index (χ0v) is 19.7. The second-order valence-electron chi connectivity index (χ2n) is 7.38. The highest BCUT2D eigenvalue weighted by Gasteiger charge is 2.22. The summed E-state index contributed by atoms with van der Waals surface area (Å²) in [6.45, 7) is 2.10. The molecular weight excluding hydrogens is 474 g/mol. The fourth-order valence-electron chi connectivity index (χ4n) is 2.74. The highest BCUT2D eigenvalue weighted by Crippen LogP contribution is 2.23. The average molecular weight is 504 g/mol. The van der Waals surface area contributed by atoms with Crippen LogP contribution in [0.25, 0.3) is 0 Å². The lowest BCUT2D eigenvalue weighted by atomic mass is 10.1. The van der Waals surface area contributed by atoms with Gasteiger partial charge < -0.3 is 41.0 Å². The standard InChI is InChI=1S/C23H29N5O8/c1-2-9-36-23(34)28-18(21(31)32)14-26-20(30)17-6-5-16(11-19(17)29)35-10-8-25-22(33)27-13-15-4-3-7-24-12-15/h3-7,11-12,18,29H,2,8-10,13-14H2,1H3,(H,26,30)(H,28,34)(H,31,32)(H2,25,27,33)/t18-/m0/s1. The van der Waals surface area contributed by atoms with Gasteiger partial charge in [-0.15, -0.1) is 0 Å². The normalized spacial score (nSPS) is 11.0. The van der Waals surface area contributed by atoms with Crippen LogP contribution in [0.1, 0.15) is 29.3 Å². The number of hydrogen-bond donors (Lipinski definition) is 6. The monoisotopic (exact) mass is 503 g/mol. The fourth-order valence-corrected chi connectivity index (χ4v) is 2.74. The molecule has 1 atom stereocenters. The number of alkyl carbamates (subject to hydrolysis) is 1. The number of carbonyl (C=O) groups excluding carboxylic acids is 3. The van der Waals surface area contributed by atoms with Crippen LogP contribution in [0.2, 0.25) is 0 Å². The van der Waals surface area contributed by atoms with E-state index in [1.165, 1.54) is 18.2 Å². The molecule has 0 bridgehead atoms. The van der Waals surface area contributed by atoms with E-state index >= 15 is 0 Å². The molecule has 0 radical (unpaired) electrons. The third kappa shape index (κ3) is 9.75. The Morgan fingerprint density at radius 2 is 1.89 bits per heavy atom. The second kappa shape index (κ2) is 14.7. The number of aromatic nitrogens is 1. The van der Waals surface area contributed by atoms with Gasteiger partial charge in [0.2, 0.25) is 0 Å². The maximum atomic E-state index is 12.4. The summed E-state index contributed by atoms with van der Waals surface area (Å²) in [4.78, 5) is 51.0. The van der Waals surface area contributed by atoms with E-state index in [0.717, 1.165) is 5.56 Å². The molecule has 0 fully saturated rings. The van der Waals surface area contributed by atoms with Gasteiger partial charge in [0.1, 0.15) is 24.1 Å². The van der Waals surface area contributed by atoms with Crippen molar-refractivity contribution in [2.75, 3.05) is 26.3 Å². The molecule has 13 nitrogen and oxygen atoms in total. The Bertz CT molecular complexity index is 1030. The average Bonchev–Trinajstić information content (AvgIpc) is 2.86. The number of aromatic hydroxyl groups is 1. The van der Waals surface area contributed by atoms with Crippen LogP contribution in [0.5, 0.6) is 11.5 Å². The van der Waals surface area contributed by atoms with Crippen LogP contribution in [-0.4, -0.2) is 71.5 Å². The number of nitrogens with one attached hydrogen (secondary N) is 4. The van der Waals surface area contributed by atoms with Crippen molar-refractivity contribution < 1.29 is 38.9 Å². The number of carbonyl (C=O) groups is 4. The number of carboxylic acid groups (broad SMARTS) is 1. The number of hydrogen-bond acceptors (Lipinski definition) is 8. The molecular formula is C23H29N5O8. The van der Waals surface area contributed by atoms with E-state index < -0.39 is 36.3 Å². The quantitative estimate of drug-likeness (QED) is 0.217. The van der Waals surface area contributed by atoms with Gasteiger partial charge in [-0.1, -0.05) is 13.0 Å². The zero-order valence-electron chi connectivity index (χ0n) is 19.7. The van der Waals surface area contributed by atoms with Crippen molar-refractivity contribution in [2.24, 2.45) is 0 Å². The SMILES string of the molecule is CCCOC(=O)N[C@@H](CNC(=O)c1ccc(OCCNC(=O)NCc2cccnc2)cc1O)C(=O)O. The van der Waals surface area contributed by atoms with Gasteiger partial charge in [0.15, 0.2) is 0 Å². The summed E-state index contributed by atoms with van der Waals surface area (Å²) in [5.74, 6) is -2.25. The van der Waals surface area contributed by atoms with Crippen LogP contribution in [0.15, 0.2) is 42.7 Å². The van der Waals surface area contributed by atoms with Crippen LogP contribution in [0.4, 0.5) is 9.59 Å². The summed E-state index contributed by atoms with van der Waals surface area (Å²) in [5, 5.41) is 29.2. The Labute approximate surface area is 207 Å². The predicted molar refractivity (Wildman–Crippen MR) is 127 cm³/mol. The van der Waals surface area contributed by atoms with Crippen LogP contribution < -0.4 is 26.0 Å². The first-order valence-corrected chi connectivity index (χ1v) is 11.1. The maximum absolute atomic E-state index is 12.4. The van der Waals surface area contributed by atoms with Crippen LogP contribution in [0.3, 0.4) is 0 Å². The smallest absolute Gasteiger partial charge is 0.407 e. The number of carboxylic acids is 1. The highest BCUT2D eigenvalue weighted by atomic mass is 16.5. The third-order valence-electron chi connectivity index (χ3n) is 4.54. The predicted octanol–water partition coefficient (Wildman–Crippen LogP) is 0.985. The number of urea groups is 1. The Kier molecular flexibility index (Phi) is 11.3. The summed E-state index contributed by atoms with van der Waals surface area (Å²) in [6, 6.07) is 5.75. The topological polar surface area (TPSA) is 188 Å². The number of pyridine rings is 1. The van der Waals surface area contributed by atoms with Crippen molar-refractivity contribution in [3.8, 4) is 11.5 Å². The van der Waals surface area contributed by atoms with E-state index in [9.17, 15) is 29.4 Å². The van der Waals surface area contributed by atoms with Crippen LogP contribution in [0, 0.1) is 0 Å². The van der Waals surface area contributed by atoms with Gasteiger partial charge in [0, 0.05) is 31.5 Å². The van der Waals surface area contributed by atoms with Crippen molar-refractivity contribution >= 4 is 24.0 Å². The van der Waals surface area contributed by atoms with Gasteiger partial charge in [-0.05, 0) is 30.2 Å². The summed E-state index contributed by atoms with van der Waals surface area (Å²) in [5.41, 5.74) is 0.737. The Balaban J connectivity index is 1.75.